The van der Waals surface area contributed by atoms with Crippen molar-refractivity contribution in [2.75, 3.05) is 18.5 Å². The highest BCUT2D eigenvalue weighted by molar-refractivity contribution is 8.02. The number of amides is 1. The third-order valence-corrected chi connectivity index (χ3v) is 8.07. The van der Waals surface area contributed by atoms with Crippen LogP contribution in [0.4, 0.5) is 5.00 Å². The molecule has 1 amide bonds. The normalized spacial score (nSPS) is 11.2. The van der Waals surface area contributed by atoms with Crippen LogP contribution in [0.5, 0.6) is 0 Å². The molecule has 8 nitrogen and oxygen atoms in total. The second-order valence-electron chi connectivity index (χ2n) is 6.39. The van der Waals surface area contributed by atoms with Gasteiger partial charge in [0.2, 0.25) is 5.91 Å². The molecular weight excluding hydrogens is 470 g/mol. The van der Waals surface area contributed by atoms with Gasteiger partial charge >= 0.3 is 11.9 Å². The Morgan fingerprint density at radius 1 is 0.969 bits per heavy atom. The lowest BCUT2D eigenvalue weighted by atomic mass is 10.2. The highest BCUT2D eigenvalue weighted by Crippen LogP contribution is 2.39. The Kier molecular flexibility index (Phi) is 8.84. The molecule has 32 heavy (non-hydrogen) atoms. The van der Waals surface area contributed by atoms with E-state index < -0.39 is 23.1 Å². The molecule has 2 heterocycles. The van der Waals surface area contributed by atoms with Crippen molar-refractivity contribution in [1.29, 1.82) is 10.5 Å². The number of nitrogens with one attached hydrogen (secondary N) is 1. The molecular formula is C21H21N3O5S3. The molecule has 0 saturated carbocycles. The zero-order valence-electron chi connectivity index (χ0n) is 18.2. The number of hydrogen-bond acceptors (Lipinski definition) is 10. The Balaban J connectivity index is 2.25. The highest BCUT2D eigenvalue weighted by atomic mass is 32.2. The molecule has 0 bridgehead atoms. The SMILES string of the molecule is CCOC(=O)c1sc(NC(=O)C(C)Sc2sc(C(=O)OCC)c(C)c2C#N)c(C#N)c1C. The lowest BCUT2D eigenvalue weighted by Gasteiger charge is -2.10. The first kappa shape index (κ1) is 25.4. The van der Waals surface area contributed by atoms with Crippen LogP contribution in [0.1, 0.15) is 62.4 Å². The Labute approximate surface area is 198 Å². The number of anilines is 1. The number of nitrogens with zero attached hydrogens (tertiary/aromatic N) is 2. The van der Waals surface area contributed by atoms with E-state index >= 15 is 0 Å². The Morgan fingerprint density at radius 2 is 1.47 bits per heavy atom. The van der Waals surface area contributed by atoms with Gasteiger partial charge in [-0.1, -0.05) is 0 Å². The van der Waals surface area contributed by atoms with Crippen LogP contribution in [0, 0.1) is 36.5 Å². The van der Waals surface area contributed by atoms with Crippen LogP contribution in [-0.2, 0) is 14.3 Å². The standard InChI is InChI=1S/C21H21N3O5S3/c1-6-28-19(26)15-10(3)13(8-22)18(31-15)24-17(25)12(5)30-21-14(9-23)11(4)16(32-21)20(27)29-7-2/h12H,6-7H2,1-5H3,(H,24,25). The van der Waals surface area contributed by atoms with E-state index in [1.165, 1.54) is 0 Å². The molecule has 2 aromatic heterocycles. The van der Waals surface area contributed by atoms with Gasteiger partial charge in [-0.05, 0) is 45.7 Å². The summed E-state index contributed by atoms with van der Waals surface area (Å²) >= 11 is 3.23. The third-order valence-electron chi connectivity index (χ3n) is 4.30. The summed E-state index contributed by atoms with van der Waals surface area (Å²) in [6.07, 6.45) is 0. The summed E-state index contributed by atoms with van der Waals surface area (Å²) in [6.45, 7) is 8.74. The summed E-state index contributed by atoms with van der Waals surface area (Å²) in [4.78, 5) is 37.6. The van der Waals surface area contributed by atoms with E-state index in [1.807, 2.05) is 6.07 Å². The van der Waals surface area contributed by atoms with Crippen LogP contribution in [0.3, 0.4) is 0 Å². The van der Waals surface area contributed by atoms with Gasteiger partial charge in [-0.2, -0.15) is 10.5 Å². The van der Waals surface area contributed by atoms with E-state index in [2.05, 4.69) is 11.4 Å². The maximum atomic E-state index is 12.8. The van der Waals surface area contributed by atoms with Crippen LogP contribution < -0.4 is 5.32 Å². The smallest absolute Gasteiger partial charge is 0.348 e. The zero-order chi connectivity index (χ0) is 24.0. The number of nitriles is 2. The molecule has 0 aliphatic carbocycles. The van der Waals surface area contributed by atoms with E-state index in [9.17, 15) is 24.9 Å². The van der Waals surface area contributed by atoms with Gasteiger partial charge in [0, 0.05) is 0 Å². The Morgan fingerprint density at radius 3 is 1.97 bits per heavy atom. The number of thiophene rings is 2. The van der Waals surface area contributed by atoms with Gasteiger partial charge in [-0.3, -0.25) is 4.79 Å². The number of rotatable bonds is 8. The minimum atomic E-state index is -0.643. The van der Waals surface area contributed by atoms with Gasteiger partial charge in [-0.15, -0.1) is 34.4 Å². The number of esters is 2. The number of ether oxygens (including phenoxy) is 2. The molecule has 0 spiro atoms. The molecule has 1 N–H and O–H groups in total. The lowest BCUT2D eigenvalue weighted by molar-refractivity contribution is -0.115. The van der Waals surface area contributed by atoms with E-state index in [1.54, 1.807) is 34.6 Å². The lowest BCUT2D eigenvalue weighted by Crippen LogP contribution is -2.22. The molecule has 0 aromatic carbocycles. The van der Waals surface area contributed by atoms with Crippen molar-refractivity contribution in [3.8, 4) is 12.1 Å². The van der Waals surface area contributed by atoms with Crippen molar-refractivity contribution in [1.82, 2.24) is 0 Å². The van der Waals surface area contributed by atoms with E-state index in [0.29, 0.717) is 25.8 Å². The van der Waals surface area contributed by atoms with Crippen molar-refractivity contribution in [3.05, 3.63) is 32.0 Å². The minimum Gasteiger partial charge on any atom is -0.462 e. The maximum Gasteiger partial charge on any atom is 0.348 e. The van der Waals surface area contributed by atoms with Gasteiger partial charge < -0.3 is 14.8 Å². The summed E-state index contributed by atoms with van der Waals surface area (Å²) in [6, 6.07) is 4.10. The Hall–Kier alpha value is -2.86. The molecule has 0 saturated heterocycles. The third kappa shape index (κ3) is 5.30. The summed E-state index contributed by atoms with van der Waals surface area (Å²) in [5.41, 5.74) is 1.51. The molecule has 0 aliphatic rings. The fourth-order valence-corrected chi connectivity index (χ4v) is 6.26. The van der Waals surface area contributed by atoms with Gasteiger partial charge in [0.1, 0.15) is 26.9 Å². The summed E-state index contributed by atoms with van der Waals surface area (Å²) in [5, 5.41) is 21.3. The second-order valence-corrected chi connectivity index (χ2v) is 10.0. The molecule has 1 atom stereocenters. The molecule has 168 valence electrons. The predicted molar refractivity (Wildman–Crippen MR) is 123 cm³/mol. The van der Waals surface area contributed by atoms with Crippen LogP contribution in [0.2, 0.25) is 0 Å². The van der Waals surface area contributed by atoms with Crippen LogP contribution in [0.25, 0.3) is 0 Å². The van der Waals surface area contributed by atoms with Crippen LogP contribution >= 0.6 is 34.4 Å². The summed E-state index contributed by atoms with van der Waals surface area (Å²) in [5.74, 6) is -1.46. The largest absolute Gasteiger partial charge is 0.462 e. The van der Waals surface area contributed by atoms with Crippen LogP contribution in [-0.4, -0.2) is 36.3 Å². The van der Waals surface area contributed by atoms with Crippen LogP contribution in [0.15, 0.2) is 4.21 Å². The van der Waals surface area contributed by atoms with Gasteiger partial charge in [0.15, 0.2) is 0 Å². The predicted octanol–water partition coefficient (Wildman–Crippen LogP) is 4.64. The number of carbonyl (C=O) groups excluding carboxylic acids is 3. The molecule has 0 aliphatic heterocycles. The van der Waals surface area contributed by atoms with Crippen molar-refractivity contribution in [2.24, 2.45) is 0 Å². The monoisotopic (exact) mass is 491 g/mol. The minimum absolute atomic E-state index is 0.197. The quantitative estimate of drug-likeness (QED) is 0.417. The maximum absolute atomic E-state index is 12.8. The van der Waals surface area contributed by atoms with Gasteiger partial charge in [0.05, 0.1) is 33.8 Å². The number of carbonyl (C=O) groups is 3. The molecule has 2 rings (SSSR count). The molecule has 0 radical (unpaired) electrons. The fourth-order valence-electron chi connectivity index (χ4n) is 2.65. The van der Waals surface area contributed by atoms with E-state index in [4.69, 9.17) is 9.47 Å². The second kappa shape index (κ2) is 11.1. The zero-order valence-corrected chi connectivity index (χ0v) is 20.6. The molecule has 0 fully saturated rings. The molecule has 2 aromatic rings. The van der Waals surface area contributed by atoms with Crippen molar-refractivity contribution >= 4 is 57.3 Å². The average Bonchev–Trinajstić information content (AvgIpc) is 3.23. The summed E-state index contributed by atoms with van der Waals surface area (Å²) in [7, 11) is 0. The number of thioether (sulfide) groups is 1. The molecule has 11 heteroatoms. The molecule has 1 unspecified atom stereocenters. The highest BCUT2D eigenvalue weighted by Gasteiger charge is 2.27. The Bertz CT molecular complexity index is 1140. The first-order valence-electron chi connectivity index (χ1n) is 9.58. The topological polar surface area (TPSA) is 129 Å². The summed E-state index contributed by atoms with van der Waals surface area (Å²) < 4.78 is 10.6. The van der Waals surface area contributed by atoms with Crippen molar-refractivity contribution in [3.63, 3.8) is 0 Å². The van der Waals surface area contributed by atoms with Gasteiger partial charge in [0.25, 0.3) is 0 Å². The first-order valence-corrected chi connectivity index (χ1v) is 12.1. The average molecular weight is 492 g/mol. The first-order chi connectivity index (χ1) is 15.2. The van der Waals surface area contributed by atoms with E-state index in [-0.39, 0.29) is 28.7 Å². The van der Waals surface area contributed by atoms with E-state index in [0.717, 1.165) is 34.4 Å². The fraction of sp³-hybridized carbons (Fsp3) is 0.381. The van der Waals surface area contributed by atoms with Crippen molar-refractivity contribution in [2.45, 2.75) is 44.1 Å². The number of hydrogen-bond donors (Lipinski definition) is 1. The van der Waals surface area contributed by atoms with Gasteiger partial charge in [-0.25, -0.2) is 9.59 Å². The van der Waals surface area contributed by atoms with Crippen molar-refractivity contribution < 1.29 is 23.9 Å².